The molecule has 1 fully saturated rings. The lowest BCUT2D eigenvalue weighted by molar-refractivity contribution is 0.338. The normalized spacial score (nSPS) is 16.2. The molecule has 1 aromatic heterocycles. The molecule has 0 amide bonds. The van der Waals surface area contributed by atoms with Crippen LogP contribution in [0, 0.1) is 0 Å². The van der Waals surface area contributed by atoms with E-state index in [4.69, 9.17) is 19.9 Å². The van der Waals surface area contributed by atoms with Crippen molar-refractivity contribution in [3.05, 3.63) is 24.0 Å². The maximum atomic E-state index is 11.6. The van der Waals surface area contributed by atoms with E-state index < -0.39 is 9.05 Å². The standard InChI is InChI=1S/C16H19ClN2O4S/c1-2-22-14-9-8-12(24(17,20)21)10-13(14)16-18-15(19-23-16)11-6-4-3-5-7-11/h8-11H,2-7H2,1H3. The highest BCUT2D eigenvalue weighted by Gasteiger charge is 2.23. The van der Waals surface area contributed by atoms with Crippen molar-refractivity contribution < 1.29 is 17.7 Å². The van der Waals surface area contributed by atoms with Crippen molar-refractivity contribution in [1.29, 1.82) is 0 Å². The van der Waals surface area contributed by atoms with Crippen LogP contribution in [0.4, 0.5) is 0 Å². The molecule has 1 aliphatic carbocycles. The summed E-state index contributed by atoms with van der Waals surface area (Å²) in [5.74, 6) is 1.71. The molecule has 0 aliphatic heterocycles. The average molecular weight is 371 g/mol. The largest absolute Gasteiger partial charge is 0.493 e. The van der Waals surface area contributed by atoms with Crippen LogP contribution in [-0.2, 0) is 9.05 Å². The fraction of sp³-hybridized carbons (Fsp3) is 0.500. The third-order valence-electron chi connectivity index (χ3n) is 4.17. The summed E-state index contributed by atoms with van der Waals surface area (Å²) in [6.45, 7) is 2.28. The highest BCUT2D eigenvalue weighted by Crippen LogP contribution is 2.35. The van der Waals surface area contributed by atoms with E-state index in [0.717, 1.165) is 12.8 Å². The lowest BCUT2D eigenvalue weighted by atomic mass is 9.89. The molecule has 1 saturated carbocycles. The summed E-state index contributed by atoms with van der Waals surface area (Å²) in [6.07, 6.45) is 5.67. The van der Waals surface area contributed by atoms with E-state index in [2.05, 4.69) is 10.1 Å². The first-order valence-electron chi connectivity index (χ1n) is 8.04. The van der Waals surface area contributed by atoms with Crippen LogP contribution < -0.4 is 4.74 Å². The minimum absolute atomic E-state index is 0.0277. The van der Waals surface area contributed by atoms with E-state index in [9.17, 15) is 8.42 Å². The Morgan fingerprint density at radius 2 is 2.04 bits per heavy atom. The minimum atomic E-state index is -3.85. The third kappa shape index (κ3) is 3.72. The minimum Gasteiger partial charge on any atom is -0.493 e. The van der Waals surface area contributed by atoms with Crippen molar-refractivity contribution in [3.8, 4) is 17.2 Å². The van der Waals surface area contributed by atoms with Gasteiger partial charge in [0.15, 0.2) is 5.82 Å². The second-order valence-corrected chi connectivity index (χ2v) is 8.39. The van der Waals surface area contributed by atoms with Crippen LogP contribution in [0.15, 0.2) is 27.6 Å². The Hall–Kier alpha value is -1.60. The van der Waals surface area contributed by atoms with Gasteiger partial charge in [-0.3, -0.25) is 0 Å². The Morgan fingerprint density at radius 3 is 2.71 bits per heavy atom. The van der Waals surface area contributed by atoms with Gasteiger partial charge in [0.1, 0.15) is 5.75 Å². The topological polar surface area (TPSA) is 82.3 Å². The number of benzene rings is 1. The molecule has 6 nitrogen and oxygen atoms in total. The maximum Gasteiger partial charge on any atom is 0.261 e. The van der Waals surface area contributed by atoms with Gasteiger partial charge in [-0.05, 0) is 38.0 Å². The summed E-state index contributed by atoms with van der Waals surface area (Å²) in [5, 5.41) is 4.09. The number of halogens is 1. The van der Waals surface area contributed by atoms with E-state index in [1.54, 1.807) is 6.07 Å². The Bertz CT molecular complexity index is 813. The molecule has 8 heteroatoms. The molecule has 0 spiro atoms. The van der Waals surface area contributed by atoms with Crippen molar-refractivity contribution >= 4 is 19.7 Å². The Kier molecular flexibility index (Phi) is 5.10. The lowest BCUT2D eigenvalue weighted by Gasteiger charge is -2.17. The molecule has 0 bridgehead atoms. The lowest BCUT2D eigenvalue weighted by Crippen LogP contribution is -2.06. The zero-order valence-electron chi connectivity index (χ0n) is 13.4. The molecule has 0 N–H and O–H groups in total. The van der Waals surface area contributed by atoms with Gasteiger partial charge in [0.05, 0.1) is 17.1 Å². The molecule has 0 radical (unpaired) electrons. The summed E-state index contributed by atoms with van der Waals surface area (Å²) in [7, 11) is 1.59. The SMILES string of the molecule is CCOc1ccc(S(=O)(=O)Cl)cc1-c1nc(C2CCCCC2)no1. The fourth-order valence-electron chi connectivity index (χ4n) is 2.98. The van der Waals surface area contributed by atoms with E-state index in [1.165, 1.54) is 31.4 Å². The molecule has 1 aromatic carbocycles. The number of hydrogen-bond donors (Lipinski definition) is 0. The molecular formula is C16H19ClN2O4S. The molecule has 1 heterocycles. The van der Waals surface area contributed by atoms with Crippen molar-refractivity contribution in [2.45, 2.75) is 49.8 Å². The molecule has 2 aromatic rings. The Morgan fingerprint density at radius 1 is 1.29 bits per heavy atom. The Labute approximate surface area is 145 Å². The number of hydrogen-bond acceptors (Lipinski definition) is 6. The van der Waals surface area contributed by atoms with E-state index in [0.29, 0.717) is 29.7 Å². The maximum absolute atomic E-state index is 11.6. The van der Waals surface area contributed by atoms with Gasteiger partial charge in [0, 0.05) is 16.6 Å². The van der Waals surface area contributed by atoms with Gasteiger partial charge in [0.2, 0.25) is 0 Å². The summed E-state index contributed by atoms with van der Waals surface area (Å²) < 4.78 is 34.1. The van der Waals surface area contributed by atoms with Crippen LogP contribution in [0.5, 0.6) is 5.75 Å². The van der Waals surface area contributed by atoms with Gasteiger partial charge < -0.3 is 9.26 Å². The van der Waals surface area contributed by atoms with Crippen LogP contribution in [0.2, 0.25) is 0 Å². The quantitative estimate of drug-likeness (QED) is 0.736. The van der Waals surface area contributed by atoms with Crippen LogP contribution in [0.3, 0.4) is 0 Å². The van der Waals surface area contributed by atoms with Crippen molar-refractivity contribution in [3.63, 3.8) is 0 Å². The number of ether oxygens (including phenoxy) is 1. The van der Waals surface area contributed by atoms with Crippen LogP contribution in [-0.4, -0.2) is 25.2 Å². The third-order valence-corrected chi connectivity index (χ3v) is 5.53. The molecule has 24 heavy (non-hydrogen) atoms. The number of nitrogens with zero attached hydrogens (tertiary/aromatic N) is 2. The first-order valence-corrected chi connectivity index (χ1v) is 10.4. The first kappa shape index (κ1) is 17.2. The van der Waals surface area contributed by atoms with Gasteiger partial charge in [-0.25, -0.2) is 8.42 Å². The molecular weight excluding hydrogens is 352 g/mol. The van der Waals surface area contributed by atoms with Gasteiger partial charge in [-0.15, -0.1) is 0 Å². The second-order valence-electron chi connectivity index (χ2n) is 5.82. The summed E-state index contributed by atoms with van der Waals surface area (Å²) >= 11 is 0. The van der Waals surface area contributed by atoms with Gasteiger partial charge >= 0.3 is 0 Å². The monoisotopic (exact) mass is 370 g/mol. The summed E-state index contributed by atoms with van der Waals surface area (Å²) in [5.41, 5.74) is 0.438. The van der Waals surface area contributed by atoms with Gasteiger partial charge in [0.25, 0.3) is 14.9 Å². The second kappa shape index (κ2) is 7.11. The van der Waals surface area contributed by atoms with Crippen LogP contribution in [0.25, 0.3) is 11.5 Å². The summed E-state index contributed by atoms with van der Waals surface area (Å²) in [4.78, 5) is 4.45. The molecule has 0 atom stereocenters. The number of rotatable bonds is 5. The molecule has 130 valence electrons. The predicted molar refractivity (Wildman–Crippen MR) is 89.8 cm³/mol. The first-order chi connectivity index (χ1) is 11.5. The molecule has 1 aliphatic rings. The average Bonchev–Trinajstić information content (AvgIpc) is 3.05. The van der Waals surface area contributed by atoms with Crippen LogP contribution >= 0.6 is 10.7 Å². The van der Waals surface area contributed by atoms with Crippen LogP contribution in [0.1, 0.15) is 50.8 Å². The smallest absolute Gasteiger partial charge is 0.261 e. The molecule has 0 unspecified atom stereocenters. The highest BCUT2D eigenvalue weighted by molar-refractivity contribution is 8.13. The van der Waals surface area contributed by atoms with Gasteiger partial charge in [-0.2, -0.15) is 4.98 Å². The Balaban J connectivity index is 1.99. The zero-order chi connectivity index (χ0) is 17.2. The number of aromatic nitrogens is 2. The predicted octanol–water partition coefficient (Wildman–Crippen LogP) is 4.11. The van der Waals surface area contributed by atoms with Crippen molar-refractivity contribution in [1.82, 2.24) is 10.1 Å². The highest BCUT2D eigenvalue weighted by atomic mass is 35.7. The molecule has 3 rings (SSSR count). The van der Waals surface area contributed by atoms with E-state index >= 15 is 0 Å². The molecule has 0 saturated heterocycles. The van der Waals surface area contributed by atoms with Gasteiger partial charge in [-0.1, -0.05) is 24.4 Å². The zero-order valence-corrected chi connectivity index (χ0v) is 14.9. The van der Waals surface area contributed by atoms with E-state index in [1.807, 2.05) is 6.92 Å². The van der Waals surface area contributed by atoms with Crippen molar-refractivity contribution in [2.75, 3.05) is 6.61 Å². The van der Waals surface area contributed by atoms with Crippen molar-refractivity contribution in [2.24, 2.45) is 0 Å². The van der Waals surface area contributed by atoms with E-state index in [-0.39, 0.29) is 10.8 Å². The fourth-order valence-corrected chi connectivity index (χ4v) is 3.76. The summed E-state index contributed by atoms with van der Waals surface area (Å²) in [6, 6.07) is 4.36.